The zero-order valence-corrected chi connectivity index (χ0v) is 16.7. The second-order valence-electron chi connectivity index (χ2n) is 8.58. The average Bonchev–Trinajstić information content (AvgIpc) is 3.39. The third kappa shape index (κ3) is 3.62. The van der Waals surface area contributed by atoms with E-state index < -0.39 is 17.3 Å². The largest absolute Gasteiger partial charge is 0.481 e. The number of hydrogen-bond acceptors (Lipinski definition) is 3. The third-order valence-electron chi connectivity index (χ3n) is 5.90. The predicted molar refractivity (Wildman–Crippen MR) is 103 cm³/mol. The van der Waals surface area contributed by atoms with E-state index in [1.54, 1.807) is 39.8 Å². The molecule has 0 radical (unpaired) electrons. The molecule has 2 amide bonds. The van der Waals surface area contributed by atoms with Crippen molar-refractivity contribution in [3.05, 3.63) is 29.1 Å². The van der Waals surface area contributed by atoms with E-state index in [0.29, 0.717) is 16.8 Å². The fourth-order valence-electron chi connectivity index (χ4n) is 3.86. The van der Waals surface area contributed by atoms with Gasteiger partial charge in [0.2, 0.25) is 11.8 Å². The number of carboxylic acids is 1. The van der Waals surface area contributed by atoms with Gasteiger partial charge in [-0.25, -0.2) is 4.39 Å². The first-order valence-corrected chi connectivity index (χ1v) is 9.70. The zero-order valence-electron chi connectivity index (χ0n) is 16.7. The van der Waals surface area contributed by atoms with Crippen LogP contribution in [0.4, 0.5) is 10.1 Å². The van der Waals surface area contributed by atoms with Gasteiger partial charge >= 0.3 is 5.97 Å². The average molecular weight is 390 g/mol. The molecule has 2 atom stereocenters. The molecular formula is C21H27FN2O4. The molecular weight excluding hydrogens is 363 g/mol. The van der Waals surface area contributed by atoms with E-state index in [-0.39, 0.29) is 42.6 Å². The van der Waals surface area contributed by atoms with E-state index >= 15 is 4.39 Å². The van der Waals surface area contributed by atoms with Gasteiger partial charge in [0.05, 0.1) is 11.1 Å². The maximum absolute atomic E-state index is 15.1. The molecule has 0 bridgehead atoms. The predicted octanol–water partition coefficient (Wildman–Crippen LogP) is 2.94. The Morgan fingerprint density at radius 3 is 2.54 bits per heavy atom. The molecule has 152 valence electrons. The van der Waals surface area contributed by atoms with Crippen molar-refractivity contribution in [2.45, 2.75) is 64.3 Å². The van der Waals surface area contributed by atoms with Crippen LogP contribution in [0.25, 0.3) is 0 Å². The Labute approximate surface area is 164 Å². The molecule has 0 spiro atoms. The number of halogens is 1. The molecule has 1 aromatic carbocycles. The molecule has 1 aliphatic carbocycles. The Bertz CT molecular complexity index is 832. The van der Waals surface area contributed by atoms with Crippen LogP contribution in [-0.2, 0) is 19.8 Å². The van der Waals surface area contributed by atoms with Crippen LogP contribution >= 0.6 is 0 Å². The third-order valence-corrected chi connectivity index (χ3v) is 5.90. The van der Waals surface area contributed by atoms with Crippen LogP contribution in [0, 0.1) is 11.7 Å². The molecule has 1 aliphatic heterocycles. The van der Waals surface area contributed by atoms with Gasteiger partial charge in [-0.3, -0.25) is 14.4 Å². The van der Waals surface area contributed by atoms with Crippen molar-refractivity contribution < 1.29 is 23.9 Å². The summed E-state index contributed by atoms with van der Waals surface area (Å²) in [7, 11) is 0. The number of nitrogens with one attached hydrogen (secondary N) is 1. The number of carboxylic acid groups (broad SMARTS) is 1. The summed E-state index contributed by atoms with van der Waals surface area (Å²) < 4.78 is 15.1. The number of hydrogen-bond donors (Lipinski definition) is 2. The van der Waals surface area contributed by atoms with Crippen molar-refractivity contribution >= 4 is 23.5 Å². The highest BCUT2D eigenvalue weighted by Crippen LogP contribution is 2.48. The van der Waals surface area contributed by atoms with Crippen LogP contribution in [0.3, 0.4) is 0 Å². The summed E-state index contributed by atoms with van der Waals surface area (Å²) in [6.45, 7) is 6.62. The van der Waals surface area contributed by atoms with E-state index in [2.05, 4.69) is 5.32 Å². The molecule has 1 fully saturated rings. The first kappa shape index (κ1) is 20.3. The second-order valence-corrected chi connectivity index (χ2v) is 8.58. The van der Waals surface area contributed by atoms with E-state index in [1.165, 1.54) is 4.90 Å². The summed E-state index contributed by atoms with van der Waals surface area (Å²) in [5.41, 5.74) is 0.426. The smallest absolute Gasteiger partial charge is 0.303 e. The molecule has 3 rings (SSSR count). The van der Waals surface area contributed by atoms with Gasteiger partial charge in [-0.05, 0) is 57.1 Å². The highest BCUT2D eigenvalue weighted by molar-refractivity contribution is 6.10. The topological polar surface area (TPSA) is 86.7 Å². The number of benzene rings is 1. The van der Waals surface area contributed by atoms with Gasteiger partial charge in [0, 0.05) is 18.0 Å². The summed E-state index contributed by atoms with van der Waals surface area (Å²) in [4.78, 5) is 37.6. The van der Waals surface area contributed by atoms with E-state index in [9.17, 15) is 14.4 Å². The lowest BCUT2D eigenvalue weighted by Crippen LogP contribution is -2.46. The number of carbonyl (C=O) groups excluding carboxylic acids is 2. The molecule has 28 heavy (non-hydrogen) atoms. The zero-order chi connectivity index (χ0) is 20.8. The number of rotatable bonds is 7. The van der Waals surface area contributed by atoms with Crippen molar-refractivity contribution in [1.29, 1.82) is 0 Å². The molecule has 0 saturated heterocycles. The molecule has 1 aromatic rings. The van der Waals surface area contributed by atoms with Gasteiger partial charge in [0.25, 0.3) is 0 Å². The molecule has 7 heteroatoms. The van der Waals surface area contributed by atoms with E-state index in [1.807, 2.05) is 0 Å². The first-order chi connectivity index (χ1) is 13.0. The Morgan fingerprint density at radius 2 is 1.96 bits per heavy atom. The van der Waals surface area contributed by atoms with Crippen LogP contribution in [0.15, 0.2) is 12.1 Å². The normalized spacial score (nSPS) is 19.9. The molecule has 2 aliphatic rings. The van der Waals surface area contributed by atoms with Crippen molar-refractivity contribution in [2.75, 3.05) is 11.4 Å². The van der Waals surface area contributed by atoms with Gasteiger partial charge in [-0.2, -0.15) is 0 Å². The summed E-state index contributed by atoms with van der Waals surface area (Å²) in [5, 5.41) is 11.6. The minimum Gasteiger partial charge on any atom is -0.481 e. The maximum Gasteiger partial charge on any atom is 0.303 e. The Kier molecular flexibility index (Phi) is 5.21. The highest BCUT2D eigenvalue weighted by atomic mass is 19.1. The van der Waals surface area contributed by atoms with Gasteiger partial charge in [-0.1, -0.05) is 13.0 Å². The Hall–Kier alpha value is -2.44. The lowest BCUT2D eigenvalue weighted by molar-refractivity contribution is -0.138. The standard InChI is InChI=1S/C21H27FN2O4/c1-11(9-17(26)27)12(2)23-16(25)10-24-15-8-7-14(13-5-6-13)19(22)18(15)21(3,4)20(24)28/h7-8,11-13H,5-6,9-10H2,1-4H3,(H,23,25)(H,26,27). The second kappa shape index (κ2) is 7.18. The van der Waals surface area contributed by atoms with Crippen molar-refractivity contribution in [3.8, 4) is 0 Å². The molecule has 1 heterocycles. The molecule has 1 saturated carbocycles. The monoisotopic (exact) mass is 390 g/mol. The van der Waals surface area contributed by atoms with Gasteiger partial charge < -0.3 is 15.3 Å². The van der Waals surface area contributed by atoms with Crippen LogP contribution < -0.4 is 10.2 Å². The quantitative estimate of drug-likeness (QED) is 0.749. The number of nitrogens with zero attached hydrogens (tertiary/aromatic N) is 1. The summed E-state index contributed by atoms with van der Waals surface area (Å²) in [5.74, 6) is -1.99. The highest BCUT2D eigenvalue weighted by Gasteiger charge is 2.47. The first-order valence-electron chi connectivity index (χ1n) is 9.70. The maximum atomic E-state index is 15.1. The summed E-state index contributed by atoms with van der Waals surface area (Å²) in [6.07, 6.45) is 1.86. The lowest BCUT2D eigenvalue weighted by atomic mass is 9.84. The summed E-state index contributed by atoms with van der Waals surface area (Å²) in [6, 6.07) is 3.11. The van der Waals surface area contributed by atoms with Crippen LogP contribution in [0.2, 0.25) is 0 Å². The molecule has 2 unspecified atom stereocenters. The SMILES string of the molecule is CC(CC(=O)O)C(C)NC(=O)CN1C(=O)C(C)(C)c2c1ccc(C1CC1)c2F. The number of fused-ring (bicyclic) bond motifs is 1. The number of amides is 2. The number of carbonyl (C=O) groups is 3. The van der Waals surface area contributed by atoms with E-state index in [4.69, 9.17) is 5.11 Å². The molecule has 6 nitrogen and oxygen atoms in total. The van der Waals surface area contributed by atoms with Crippen LogP contribution in [0.1, 0.15) is 64.0 Å². The minimum atomic E-state index is -1.03. The van der Waals surface area contributed by atoms with Gasteiger partial charge in [0.15, 0.2) is 0 Å². The number of aliphatic carboxylic acids is 1. The lowest BCUT2D eigenvalue weighted by Gasteiger charge is -2.23. The van der Waals surface area contributed by atoms with E-state index in [0.717, 1.165) is 12.8 Å². The van der Waals surface area contributed by atoms with Crippen molar-refractivity contribution in [2.24, 2.45) is 5.92 Å². The van der Waals surface area contributed by atoms with Crippen LogP contribution in [-0.4, -0.2) is 35.5 Å². The van der Waals surface area contributed by atoms with Gasteiger partial charge in [0.1, 0.15) is 12.4 Å². The van der Waals surface area contributed by atoms with Crippen molar-refractivity contribution in [3.63, 3.8) is 0 Å². The molecule has 2 N–H and O–H groups in total. The molecule has 0 aromatic heterocycles. The Morgan fingerprint density at radius 1 is 1.32 bits per heavy atom. The van der Waals surface area contributed by atoms with Crippen molar-refractivity contribution in [1.82, 2.24) is 5.32 Å². The minimum absolute atomic E-state index is 0.0604. The van der Waals surface area contributed by atoms with Gasteiger partial charge in [-0.15, -0.1) is 0 Å². The van der Waals surface area contributed by atoms with Crippen LogP contribution in [0.5, 0.6) is 0 Å². The fourth-order valence-corrected chi connectivity index (χ4v) is 3.86. The summed E-state index contributed by atoms with van der Waals surface area (Å²) >= 11 is 0. The Balaban J connectivity index is 1.79. The fraction of sp³-hybridized carbons (Fsp3) is 0.571. The number of anilines is 1.